The molecule has 0 unspecified atom stereocenters. The van der Waals surface area contributed by atoms with Gasteiger partial charge >= 0.3 is 0 Å². The van der Waals surface area contributed by atoms with E-state index in [1.54, 1.807) is 0 Å². The minimum Gasteiger partial charge on any atom is -0.381 e. The van der Waals surface area contributed by atoms with Gasteiger partial charge in [0.25, 0.3) is 0 Å². The van der Waals surface area contributed by atoms with Crippen LogP contribution in [0.25, 0.3) is 0 Å². The van der Waals surface area contributed by atoms with Gasteiger partial charge in [-0.1, -0.05) is 19.8 Å². The fourth-order valence-corrected chi connectivity index (χ4v) is 3.62. The largest absolute Gasteiger partial charge is 0.381 e. The van der Waals surface area contributed by atoms with Gasteiger partial charge in [-0.05, 0) is 56.8 Å². The maximum Gasteiger partial charge on any atom is 0.191 e. The van der Waals surface area contributed by atoms with Crippen molar-refractivity contribution in [3.63, 3.8) is 0 Å². The van der Waals surface area contributed by atoms with Gasteiger partial charge in [-0.2, -0.15) is 0 Å². The minimum absolute atomic E-state index is 0.693. The highest BCUT2D eigenvalue weighted by molar-refractivity contribution is 5.79. The lowest BCUT2D eigenvalue weighted by Gasteiger charge is -2.25. The van der Waals surface area contributed by atoms with Crippen molar-refractivity contribution in [2.75, 3.05) is 46.1 Å². The predicted octanol–water partition coefficient (Wildman–Crippen LogP) is 3.20. The van der Waals surface area contributed by atoms with Crippen molar-refractivity contribution in [2.45, 2.75) is 58.8 Å². The summed E-state index contributed by atoms with van der Waals surface area (Å²) in [5, 5.41) is 6.80. The van der Waals surface area contributed by atoms with Crippen molar-refractivity contribution in [3.05, 3.63) is 0 Å². The molecule has 0 amide bonds. The maximum atomic E-state index is 5.82. The van der Waals surface area contributed by atoms with Crippen LogP contribution >= 0.6 is 0 Å². The molecule has 0 aromatic carbocycles. The summed E-state index contributed by atoms with van der Waals surface area (Å²) >= 11 is 0. The third-order valence-electron chi connectivity index (χ3n) is 5.44. The van der Waals surface area contributed by atoms with Crippen molar-refractivity contribution >= 4 is 5.96 Å². The van der Waals surface area contributed by atoms with E-state index in [-0.39, 0.29) is 0 Å². The van der Waals surface area contributed by atoms with Crippen molar-refractivity contribution in [2.24, 2.45) is 22.7 Å². The highest BCUT2D eigenvalue weighted by Gasteiger charge is 2.17. The van der Waals surface area contributed by atoms with E-state index in [0.717, 1.165) is 83.1 Å². The zero-order chi connectivity index (χ0) is 17.7. The van der Waals surface area contributed by atoms with E-state index in [1.807, 2.05) is 0 Å². The summed E-state index contributed by atoms with van der Waals surface area (Å²) in [6.07, 6.45) is 8.73. The van der Waals surface area contributed by atoms with E-state index < -0.39 is 0 Å². The quantitative estimate of drug-likeness (QED) is 0.380. The molecule has 0 aromatic heterocycles. The molecule has 1 aliphatic heterocycles. The van der Waals surface area contributed by atoms with Crippen LogP contribution < -0.4 is 10.6 Å². The summed E-state index contributed by atoms with van der Waals surface area (Å²) in [7, 11) is 0. The monoisotopic (exact) mass is 353 g/mol. The third kappa shape index (κ3) is 8.91. The zero-order valence-electron chi connectivity index (χ0n) is 16.4. The van der Waals surface area contributed by atoms with Crippen molar-refractivity contribution in [1.29, 1.82) is 0 Å². The Morgan fingerprint density at radius 1 is 1.04 bits per heavy atom. The Hall–Kier alpha value is -0.810. The Bertz CT molecular complexity index is 362. The molecule has 2 N–H and O–H groups in total. The number of nitrogens with one attached hydrogen (secondary N) is 2. The van der Waals surface area contributed by atoms with Gasteiger partial charge in [0, 0.05) is 46.1 Å². The first-order valence-corrected chi connectivity index (χ1v) is 10.5. The van der Waals surface area contributed by atoms with Gasteiger partial charge in [-0.15, -0.1) is 0 Å². The zero-order valence-corrected chi connectivity index (χ0v) is 16.4. The van der Waals surface area contributed by atoms with E-state index in [1.165, 1.54) is 25.7 Å². The number of rotatable bonds is 9. The van der Waals surface area contributed by atoms with Crippen LogP contribution in [-0.2, 0) is 9.47 Å². The average molecular weight is 354 g/mol. The van der Waals surface area contributed by atoms with E-state index in [0.29, 0.717) is 5.92 Å². The second-order valence-electron chi connectivity index (χ2n) is 7.76. The van der Waals surface area contributed by atoms with Gasteiger partial charge in [-0.25, -0.2) is 0 Å². The van der Waals surface area contributed by atoms with Gasteiger partial charge in [0.05, 0.1) is 0 Å². The fourth-order valence-electron chi connectivity index (χ4n) is 3.62. The Morgan fingerprint density at radius 2 is 1.80 bits per heavy atom. The first kappa shape index (κ1) is 20.5. The molecule has 0 atom stereocenters. The molecular weight excluding hydrogens is 314 g/mol. The average Bonchev–Trinajstić information content (AvgIpc) is 2.64. The Balaban J connectivity index is 1.54. The second kappa shape index (κ2) is 12.5. The molecule has 0 aromatic rings. The van der Waals surface area contributed by atoms with Gasteiger partial charge in [0.2, 0.25) is 0 Å². The van der Waals surface area contributed by atoms with Crippen molar-refractivity contribution < 1.29 is 9.47 Å². The first-order chi connectivity index (χ1) is 12.3. The van der Waals surface area contributed by atoms with Crippen LogP contribution in [0.15, 0.2) is 4.99 Å². The number of aliphatic imine (C=N–C) groups is 1. The van der Waals surface area contributed by atoms with E-state index >= 15 is 0 Å². The minimum atomic E-state index is 0.693. The van der Waals surface area contributed by atoms with Crippen molar-refractivity contribution in [1.82, 2.24) is 10.6 Å². The molecule has 2 fully saturated rings. The van der Waals surface area contributed by atoms with Gasteiger partial charge in [0.15, 0.2) is 5.96 Å². The normalized spacial score (nSPS) is 25.8. The lowest BCUT2D eigenvalue weighted by molar-refractivity contribution is 0.0203. The Kier molecular flexibility index (Phi) is 10.3. The van der Waals surface area contributed by atoms with E-state index in [2.05, 4.69) is 24.5 Å². The predicted molar refractivity (Wildman–Crippen MR) is 104 cm³/mol. The number of nitrogens with zero attached hydrogens (tertiary/aromatic N) is 1. The molecule has 1 saturated heterocycles. The number of hydrogen-bond acceptors (Lipinski definition) is 3. The molecule has 0 radical (unpaired) electrons. The molecule has 5 heteroatoms. The number of ether oxygens (including phenoxy) is 2. The fraction of sp³-hybridized carbons (Fsp3) is 0.950. The highest BCUT2D eigenvalue weighted by Crippen LogP contribution is 2.28. The molecular formula is C20H39N3O2. The third-order valence-corrected chi connectivity index (χ3v) is 5.44. The lowest BCUT2D eigenvalue weighted by atomic mass is 9.83. The summed E-state index contributed by atoms with van der Waals surface area (Å²) in [6.45, 7) is 10.8. The molecule has 0 spiro atoms. The van der Waals surface area contributed by atoms with Crippen LogP contribution in [0.3, 0.4) is 0 Å². The molecule has 25 heavy (non-hydrogen) atoms. The second-order valence-corrected chi connectivity index (χ2v) is 7.76. The summed E-state index contributed by atoms with van der Waals surface area (Å²) in [4.78, 5) is 4.79. The number of hydrogen-bond donors (Lipinski definition) is 2. The van der Waals surface area contributed by atoms with Crippen LogP contribution in [0.2, 0.25) is 0 Å². The molecule has 2 rings (SSSR count). The number of guanidine groups is 1. The van der Waals surface area contributed by atoms with Gasteiger partial charge in [0.1, 0.15) is 0 Å². The van der Waals surface area contributed by atoms with Crippen LogP contribution in [-0.4, -0.2) is 52.0 Å². The maximum absolute atomic E-state index is 5.82. The van der Waals surface area contributed by atoms with Crippen LogP contribution in [0, 0.1) is 17.8 Å². The van der Waals surface area contributed by atoms with Gasteiger partial charge in [-0.3, -0.25) is 4.99 Å². The molecule has 146 valence electrons. The molecule has 1 saturated carbocycles. The summed E-state index contributed by atoms with van der Waals surface area (Å²) in [5.41, 5.74) is 0. The van der Waals surface area contributed by atoms with E-state index in [9.17, 15) is 0 Å². The molecule has 2 aliphatic rings. The lowest BCUT2D eigenvalue weighted by Crippen LogP contribution is -2.38. The SMILES string of the molecule is CCNC(=NCC1CCC(C)CC1)NCCCOCC1CCOCC1. The molecule has 0 bridgehead atoms. The molecule has 1 heterocycles. The first-order valence-electron chi connectivity index (χ1n) is 10.5. The van der Waals surface area contributed by atoms with E-state index in [4.69, 9.17) is 14.5 Å². The van der Waals surface area contributed by atoms with Crippen LogP contribution in [0.5, 0.6) is 0 Å². The Morgan fingerprint density at radius 3 is 2.52 bits per heavy atom. The smallest absolute Gasteiger partial charge is 0.191 e. The van der Waals surface area contributed by atoms with Gasteiger partial charge < -0.3 is 20.1 Å². The summed E-state index contributed by atoms with van der Waals surface area (Å²) in [5.74, 6) is 3.34. The summed E-state index contributed by atoms with van der Waals surface area (Å²) < 4.78 is 11.2. The highest BCUT2D eigenvalue weighted by atomic mass is 16.5. The molecule has 1 aliphatic carbocycles. The summed E-state index contributed by atoms with van der Waals surface area (Å²) in [6, 6.07) is 0. The Labute approximate surface area is 154 Å². The topological polar surface area (TPSA) is 54.9 Å². The van der Waals surface area contributed by atoms with Crippen molar-refractivity contribution in [3.8, 4) is 0 Å². The van der Waals surface area contributed by atoms with Crippen LogP contribution in [0.1, 0.15) is 58.8 Å². The molecule has 5 nitrogen and oxygen atoms in total. The standard InChI is InChI=1S/C20H39N3O2/c1-3-21-20(23-15-18-7-5-17(2)6-8-18)22-11-4-12-25-16-19-9-13-24-14-10-19/h17-19H,3-16H2,1-2H3,(H2,21,22,23). The van der Waals surface area contributed by atoms with Crippen LogP contribution in [0.4, 0.5) is 0 Å².